The monoisotopic (exact) mass is 533 g/mol. The average molecular weight is 534 g/mol. The smallest absolute Gasteiger partial charge is 0.295 e. The van der Waals surface area contributed by atoms with Crippen LogP contribution in [0.15, 0.2) is 60.7 Å². The lowest BCUT2D eigenvalue weighted by Gasteiger charge is -2.26. The molecule has 2 aliphatic rings. The van der Waals surface area contributed by atoms with Gasteiger partial charge in [0.25, 0.3) is 11.7 Å². The van der Waals surface area contributed by atoms with E-state index in [2.05, 4.69) is 4.98 Å². The molecule has 0 spiro atoms. The Balaban J connectivity index is 1.57. The van der Waals surface area contributed by atoms with Crippen LogP contribution in [0.3, 0.4) is 0 Å². The zero-order valence-corrected chi connectivity index (χ0v) is 22.0. The summed E-state index contributed by atoms with van der Waals surface area (Å²) in [6.45, 7) is 6.34. The number of ketones is 1. The molecule has 204 valence electrons. The summed E-state index contributed by atoms with van der Waals surface area (Å²) in [6.07, 6.45) is 5.82. The molecule has 0 aliphatic carbocycles. The minimum absolute atomic E-state index is 0.00548. The molecular formula is C29H31N3O7. The van der Waals surface area contributed by atoms with Gasteiger partial charge in [0.1, 0.15) is 19.0 Å². The quantitative estimate of drug-likeness (QED) is 0.237. The summed E-state index contributed by atoms with van der Waals surface area (Å²) in [4.78, 5) is 32.4. The second kappa shape index (κ2) is 11.5. The van der Waals surface area contributed by atoms with Crippen molar-refractivity contribution in [3.63, 3.8) is 0 Å². The molecule has 2 aliphatic heterocycles. The van der Waals surface area contributed by atoms with Gasteiger partial charge in [0, 0.05) is 31.0 Å². The first kappa shape index (κ1) is 26.1. The van der Waals surface area contributed by atoms with Crippen LogP contribution in [0.4, 0.5) is 0 Å². The van der Waals surface area contributed by atoms with Gasteiger partial charge in [0.15, 0.2) is 23.0 Å². The predicted molar refractivity (Wildman–Crippen MR) is 142 cm³/mol. The minimum Gasteiger partial charge on any atom is -0.507 e. The highest BCUT2D eigenvalue weighted by Crippen LogP contribution is 2.43. The van der Waals surface area contributed by atoms with E-state index >= 15 is 0 Å². The van der Waals surface area contributed by atoms with Crippen molar-refractivity contribution >= 4 is 17.4 Å². The highest BCUT2D eigenvalue weighted by molar-refractivity contribution is 6.46. The standard InChI is InChI=1S/C29H31N3O7/c1-3-36-21-8-6-19(16-23(21)37-4-2)26-25(27(33)20-7-9-22-24(17-20)39-15-14-38-22)28(34)29(35)32(26)12-5-11-31-13-10-30-18-31/h6-10,13,16-18,26,33H,3-5,11-12,14-15H2,1-2H3. The Bertz CT molecular complexity index is 1380. The first-order valence-corrected chi connectivity index (χ1v) is 13.1. The van der Waals surface area contributed by atoms with Crippen LogP contribution in [-0.4, -0.2) is 64.2 Å². The maximum atomic E-state index is 13.4. The summed E-state index contributed by atoms with van der Waals surface area (Å²) in [6, 6.07) is 9.46. The number of nitrogens with zero attached hydrogens (tertiary/aromatic N) is 3. The van der Waals surface area contributed by atoms with Gasteiger partial charge in [-0.25, -0.2) is 4.98 Å². The van der Waals surface area contributed by atoms with Crippen LogP contribution in [0.25, 0.3) is 5.76 Å². The number of aryl methyl sites for hydroxylation is 1. The zero-order valence-electron chi connectivity index (χ0n) is 22.0. The third kappa shape index (κ3) is 5.27. The molecular weight excluding hydrogens is 502 g/mol. The number of imidazole rings is 1. The van der Waals surface area contributed by atoms with Crippen LogP contribution in [-0.2, 0) is 16.1 Å². The maximum Gasteiger partial charge on any atom is 0.295 e. The van der Waals surface area contributed by atoms with Crippen molar-refractivity contribution in [2.75, 3.05) is 33.0 Å². The number of hydrogen-bond donors (Lipinski definition) is 1. The Hall–Kier alpha value is -4.47. The van der Waals surface area contributed by atoms with E-state index in [1.807, 2.05) is 24.6 Å². The van der Waals surface area contributed by atoms with E-state index < -0.39 is 17.7 Å². The number of likely N-dealkylation sites (tertiary alicyclic amines) is 1. The summed E-state index contributed by atoms with van der Waals surface area (Å²) in [5, 5.41) is 11.5. The summed E-state index contributed by atoms with van der Waals surface area (Å²) >= 11 is 0. The third-order valence-corrected chi connectivity index (χ3v) is 6.61. The van der Waals surface area contributed by atoms with Crippen molar-refractivity contribution in [2.45, 2.75) is 32.9 Å². The van der Waals surface area contributed by atoms with Gasteiger partial charge in [-0.05, 0) is 56.2 Å². The first-order valence-electron chi connectivity index (χ1n) is 13.1. The number of hydrogen-bond acceptors (Lipinski definition) is 8. The molecule has 10 heteroatoms. The van der Waals surface area contributed by atoms with Gasteiger partial charge in [-0.2, -0.15) is 0 Å². The Kier molecular flexibility index (Phi) is 7.72. The number of benzene rings is 2. The number of carbonyl (C=O) groups is 2. The number of carbonyl (C=O) groups excluding carboxylic acids is 2. The summed E-state index contributed by atoms with van der Waals surface area (Å²) < 4.78 is 24.7. The second-order valence-electron chi connectivity index (χ2n) is 9.08. The fourth-order valence-corrected chi connectivity index (χ4v) is 4.88. The Morgan fingerprint density at radius 2 is 1.77 bits per heavy atom. The number of aromatic nitrogens is 2. The fraction of sp³-hybridized carbons (Fsp3) is 0.345. The Labute approximate surface area is 226 Å². The number of aliphatic hydroxyl groups is 1. The summed E-state index contributed by atoms with van der Waals surface area (Å²) in [7, 11) is 0. The molecule has 39 heavy (non-hydrogen) atoms. The van der Waals surface area contributed by atoms with Gasteiger partial charge in [0.05, 0.1) is 31.2 Å². The van der Waals surface area contributed by atoms with Crippen molar-refractivity contribution in [2.24, 2.45) is 0 Å². The van der Waals surface area contributed by atoms with Crippen molar-refractivity contribution in [1.29, 1.82) is 0 Å². The van der Waals surface area contributed by atoms with Crippen LogP contribution < -0.4 is 18.9 Å². The van der Waals surface area contributed by atoms with Crippen molar-refractivity contribution in [3.8, 4) is 23.0 Å². The van der Waals surface area contributed by atoms with Gasteiger partial charge >= 0.3 is 0 Å². The predicted octanol–water partition coefficient (Wildman–Crippen LogP) is 3.96. The van der Waals surface area contributed by atoms with Crippen LogP contribution in [0.1, 0.15) is 37.4 Å². The zero-order chi connectivity index (χ0) is 27.4. The van der Waals surface area contributed by atoms with E-state index in [1.165, 1.54) is 4.90 Å². The molecule has 10 nitrogen and oxygen atoms in total. The SMILES string of the molecule is CCOc1ccc(C2C(=C(O)c3ccc4c(c3)OCCO4)C(=O)C(=O)N2CCCn2ccnc2)cc1OCC. The Morgan fingerprint density at radius 1 is 1.00 bits per heavy atom. The highest BCUT2D eigenvalue weighted by Gasteiger charge is 2.46. The number of rotatable bonds is 10. The third-order valence-electron chi connectivity index (χ3n) is 6.61. The molecule has 0 saturated carbocycles. The van der Waals surface area contributed by atoms with Crippen molar-refractivity contribution in [1.82, 2.24) is 14.5 Å². The molecule has 2 aromatic carbocycles. The number of fused-ring (bicyclic) bond motifs is 1. The lowest BCUT2D eigenvalue weighted by molar-refractivity contribution is -0.139. The van der Waals surface area contributed by atoms with E-state index in [-0.39, 0.29) is 11.3 Å². The molecule has 1 amide bonds. The molecule has 1 fully saturated rings. The van der Waals surface area contributed by atoms with E-state index in [0.717, 1.165) is 0 Å². The van der Waals surface area contributed by atoms with Crippen LogP contribution in [0.5, 0.6) is 23.0 Å². The van der Waals surface area contributed by atoms with Crippen LogP contribution in [0, 0.1) is 0 Å². The minimum atomic E-state index is -0.823. The van der Waals surface area contributed by atoms with Gasteiger partial charge < -0.3 is 33.5 Å². The molecule has 1 N–H and O–H groups in total. The lowest BCUT2D eigenvalue weighted by atomic mass is 9.94. The molecule has 3 aromatic rings. The van der Waals surface area contributed by atoms with Crippen molar-refractivity contribution < 1.29 is 33.6 Å². The van der Waals surface area contributed by atoms with Crippen molar-refractivity contribution in [3.05, 3.63) is 71.8 Å². The molecule has 0 bridgehead atoms. The topological polar surface area (TPSA) is 112 Å². The molecule has 3 heterocycles. The molecule has 1 aromatic heterocycles. The summed E-state index contributed by atoms with van der Waals surface area (Å²) in [5.74, 6) is 0.392. The number of aliphatic hydroxyl groups excluding tert-OH is 1. The fourth-order valence-electron chi connectivity index (χ4n) is 4.88. The largest absolute Gasteiger partial charge is 0.507 e. The maximum absolute atomic E-state index is 13.4. The van der Waals surface area contributed by atoms with Crippen LogP contribution >= 0.6 is 0 Å². The van der Waals surface area contributed by atoms with Gasteiger partial charge in [-0.15, -0.1) is 0 Å². The van der Waals surface area contributed by atoms with E-state index in [9.17, 15) is 14.7 Å². The van der Waals surface area contributed by atoms with E-state index in [0.29, 0.717) is 80.1 Å². The molecule has 5 rings (SSSR count). The van der Waals surface area contributed by atoms with Gasteiger partial charge in [-0.3, -0.25) is 9.59 Å². The second-order valence-corrected chi connectivity index (χ2v) is 9.08. The Morgan fingerprint density at radius 3 is 2.51 bits per heavy atom. The summed E-state index contributed by atoms with van der Waals surface area (Å²) in [5.41, 5.74) is 0.991. The lowest BCUT2D eigenvalue weighted by Crippen LogP contribution is -2.31. The highest BCUT2D eigenvalue weighted by atomic mass is 16.6. The van der Waals surface area contributed by atoms with Crippen LogP contribution in [0.2, 0.25) is 0 Å². The number of ether oxygens (including phenoxy) is 4. The average Bonchev–Trinajstić information content (AvgIpc) is 3.56. The molecule has 1 saturated heterocycles. The molecule has 1 unspecified atom stereocenters. The first-order chi connectivity index (χ1) is 19.0. The number of amides is 1. The van der Waals surface area contributed by atoms with Gasteiger partial charge in [0.2, 0.25) is 0 Å². The van der Waals surface area contributed by atoms with E-state index in [4.69, 9.17) is 18.9 Å². The molecule has 1 atom stereocenters. The van der Waals surface area contributed by atoms with Gasteiger partial charge in [-0.1, -0.05) is 6.07 Å². The number of Topliss-reactive ketones (excluding diaryl/α,β-unsaturated/α-hetero) is 1. The normalized spacial score (nSPS) is 17.9. The van der Waals surface area contributed by atoms with E-state index in [1.54, 1.807) is 48.9 Å². The molecule has 0 radical (unpaired) electrons.